The normalized spacial score (nSPS) is 12.2. The molecule has 0 aliphatic rings. The van der Waals surface area contributed by atoms with Gasteiger partial charge in [-0.25, -0.2) is 4.98 Å². The minimum Gasteiger partial charge on any atom is -0.497 e. The van der Waals surface area contributed by atoms with Crippen LogP contribution in [0.4, 0.5) is 10.8 Å². The minimum atomic E-state index is 0.338. The molecule has 0 saturated heterocycles. The number of aromatic nitrogens is 1. The van der Waals surface area contributed by atoms with Crippen molar-refractivity contribution in [2.75, 3.05) is 25.6 Å². The molecule has 2 aromatic rings. The standard InChI is InChI=1S/C16H23N3OS/c1-6-17-11(2)15-12(3)18-16(21-15)19(4)13-7-9-14(20-5)10-8-13/h7-11,17H,6H2,1-5H3. The first-order valence-corrected chi connectivity index (χ1v) is 7.97. The highest BCUT2D eigenvalue weighted by Crippen LogP contribution is 2.34. The molecular formula is C16H23N3OS. The molecule has 1 atom stereocenters. The fourth-order valence-corrected chi connectivity index (χ4v) is 3.33. The molecule has 0 aliphatic heterocycles. The van der Waals surface area contributed by atoms with E-state index in [9.17, 15) is 0 Å². The van der Waals surface area contributed by atoms with Gasteiger partial charge >= 0.3 is 0 Å². The van der Waals surface area contributed by atoms with E-state index >= 15 is 0 Å². The number of methoxy groups -OCH3 is 1. The molecule has 2 rings (SSSR count). The van der Waals surface area contributed by atoms with Gasteiger partial charge in [0.1, 0.15) is 5.75 Å². The van der Waals surface area contributed by atoms with Crippen molar-refractivity contribution < 1.29 is 4.74 Å². The SMILES string of the molecule is CCNC(C)c1sc(N(C)c2ccc(OC)cc2)nc1C. The van der Waals surface area contributed by atoms with Crippen LogP contribution in [0.3, 0.4) is 0 Å². The summed E-state index contributed by atoms with van der Waals surface area (Å²) >= 11 is 1.74. The Labute approximate surface area is 130 Å². The minimum absolute atomic E-state index is 0.338. The van der Waals surface area contributed by atoms with Crippen molar-refractivity contribution in [1.82, 2.24) is 10.3 Å². The second kappa shape index (κ2) is 6.91. The van der Waals surface area contributed by atoms with Gasteiger partial charge < -0.3 is 15.0 Å². The molecule has 0 amide bonds. The average Bonchev–Trinajstić information content (AvgIpc) is 2.89. The van der Waals surface area contributed by atoms with Gasteiger partial charge in [-0.2, -0.15) is 0 Å². The topological polar surface area (TPSA) is 37.4 Å². The number of hydrogen-bond acceptors (Lipinski definition) is 5. The highest BCUT2D eigenvalue weighted by Gasteiger charge is 2.16. The maximum atomic E-state index is 5.20. The fourth-order valence-electron chi connectivity index (χ4n) is 2.25. The van der Waals surface area contributed by atoms with Crippen LogP contribution < -0.4 is 15.0 Å². The van der Waals surface area contributed by atoms with E-state index in [2.05, 4.69) is 31.0 Å². The van der Waals surface area contributed by atoms with Gasteiger partial charge in [0.15, 0.2) is 5.13 Å². The van der Waals surface area contributed by atoms with Crippen LogP contribution >= 0.6 is 11.3 Å². The molecular weight excluding hydrogens is 282 g/mol. The molecule has 1 aromatic heterocycles. The molecule has 1 N–H and O–H groups in total. The number of anilines is 2. The van der Waals surface area contributed by atoms with Gasteiger partial charge in [0.05, 0.1) is 12.8 Å². The molecule has 0 bridgehead atoms. The maximum Gasteiger partial charge on any atom is 0.190 e. The molecule has 1 unspecified atom stereocenters. The largest absolute Gasteiger partial charge is 0.497 e. The van der Waals surface area contributed by atoms with Crippen LogP contribution in [0.5, 0.6) is 5.75 Å². The number of rotatable bonds is 6. The molecule has 0 saturated carbocycles. The summed E-state index contributed by atoms with van der Waals surface area (Å²) in [5, 5.41) is 4.46. The summed E-state index contributed by atoms with van der Waals surface area (Å²) in [6.45, 7) is 7.34. The Morgan fingerprint density at radius 3 is 2.57 bits per heavy atom. The Kier molecular flexibility index (Phi) is 5.20. The van der Waals surface area contributed by atoms with Gasteiger partial charge in [0.2, 0.25) is 0 Å². The van der Waals surface area contributed by atoms with Crippen LogP contribution in [-0.2, 0) is 0 Å². The summed E-state index contributed by atoms with van der Waals surface area (Å²) in [5.74, 6) is 0.865. The van der Waals surface area contributed by atoms with E-state index in [-0.39, 0.29) is 0 Å². The van der Waals surface area contributed by atoms with Crippen LogP contribution in [0.2, 0.25) is 0 Å². The Morgan fingerprint density at radius 2 is 2.00 bits per heavy atom. The van der Waals surface area contributed by atoms with E-state index in [1.165, 1.54) is 4.88 Å². The summed E-state index contributed by atoms with van der Waals surface area (Å²) < 4.78 is 5.20. The molecule has 114 valence electrons. The molecule has 1 heterocycles. The van der Waals surface area contributed by atoms with Crippen molar-refractivity contribution in [3.8, 4) is 5.75 Å². The predicted molar refractivity (Wildman–Crippen MR) is 90.0 cm³/mol. The summed E-state index contributed by atoms with van der Waals surface area (Å²) in [5.41, 5.74) is 2.20. The number of thiazole rings is 1. The molecule has 21 heavy (non-hydrogen) atoms. The van der Waals surface area contributed by atoms with Crippen LogP contribution in [0, 0.1) is 6.92 Å². The van der Waals surface area contributed by atoms with Crippen molar-refractivity contribution in [1.29, 1.82) is 0 Å². The Hall–Kier alpha value is -1.59. The van der Waals surface area contributed by atoms with Crippen molar-refractivity contribution in [2.24, 2.45) is 0 Å². The lowest BCUT2D eigenvalue weighted by molar-refractivity contribution is 0.415. The summed E-state index contributed by atoms with van der Waals surface area (Å²) in [6.07, 6.45) is 0. The first-order valence-electron chi connectivity index (χ1n) is 7.15. The van der Waals surface area contributed by atoms with E-state index in [4.69, 9.17) is 9.72 Å². The number of ether oxygens (including phenoxy) is 1. The zero-order chi connectivity index (χ0) is 15.4. The van der Waals surface area contributed by atoms with Gasteiger partial charge in [-0.3, -0.25) is 0 Å². The van der Waals surface area contributed by atoms with Crippen LogP contribution in [0.25, 0.3) is 0 Å². The second-order valence-corrected chi connectivity index (χ2v) is 5.99. The van der Waals surface area contributed by atoms with E-state index in [1.807, 2.05) is 31.3 Å². The quantitative estimate of drug-likeness (QED) is 0.878. The van der Waals surface area contributed by atoms with Crippen molar-refractivity contribution in [3.63, 3.8) is 0 Å². The fraction of sp³-hybridized carbons (Fsp3) is 0.438. The van der Waals surface area contributed by atoms with Gasteiger partial charge in [-0.15, -0.1) is 0 Å². The lowest BCUT2D eigenvalue weighted by Gasteiger charge is -2.16. The lowest BCUT2D eigenvalue weighted by atomic mass is 10.2. The van der Waals surface area contributed by atoms with Crippen molar-refractivity contribution in [2.45, 2.75) is 26.8 Å². The number of aryl methyl sites for hydroxylation is 1. The predicted octanol–water partition coefficient (Wildman–Crippen LogP) is 3.90. The molecule has 0 fully saturated rings. The van der Waals surface area contributed by atoms with Crippen LogP contribution in [-0.4, -0.2) is 25.7 Å². The number of benzene rings is 1. The molecule has 5 heteroatoms. The lowest BCUT2D eigenvalue weighted by Crippen LogP contribution is -2.17. The van der Waals surface area contributed by atoms with E-state index in [0.29, 0.717) is 6.04 Å². The smallest absolute Gasteiger partial charge is 0.190 e. The Morgan fingerprint density at radius 1 is 1.33 bits per heavy atom. The third kappa shape index (κ3) is 3.54. The summed E-state index contributed by atoms with van der Waals surface area (Å²) in [4.78, 5) is 8.11. The number of nitrogens with zero attached hydrogens (tertiary/aromatic N) is 2. The second-order valence-electron chi connectivity index (χ2n) is 4.98. The highest BCUT2D eigenvalue weighted by molar-refractivity contribution is 7.15. The van der Waals surface area contributed by atoms with Gasteiger partial charge in [-0.1, -0.05) is 18.3 Å². The van der Waals surface area contributed by atoms with Crippen molar-refractivity contribution in [3.05, 3.63) is 34.8 Å². The number of nitrogens with one attached hydrogen (secondary N) is 1. The summed E-state index contributed by atoms with van der Waals surface area (Å²) in [7, 11) is 3.72. The maximum absolute atomic E-state index is 5.20. The summed E-state index contributed by atoms with van der Waals surface area (Å²) in [6, 6.07) is 8.36. The zero-order valence-corrected chi connectivity index (χ0v) is 14.1. The third-order valence-electron chi connectivity index (χ3n) is 3.47. The van der Waals surface area contributed by atoms with E-state index in [0.717, 1.165) is 28.8 Å². The van der Waals surface area contributed by atoms with Gasteiger partial charge in [0.25, 0.3) is 0 Å². The van der Waals surface area contributed by atoms with Crippen LogP contribution in [0.1, 0.15) is 30.5 Å². The molecule has 4 nitrogen and oxygen atoms in total. The zero-order valence-electron chi connectivity index (χ0n) is 13.3. The molecule has 0 spiro atoms. The molecule has 1 aromatic carbocycles. The monoisotopic (exact) mass is 305 g/mol. The van der Waals surface area contributed by atoms with E-state index < -0.39 is 0 Å². The third-order valence-corrected chi connectivity index (χ3v) is 4.89. The number of hydrogen-bond donors (Lipinski definition) is 1. The van der Waals surface area contributed by atoms with E-state index in [1.54, 1.807) is 18.4 Å². The first kappa shape index (κ1) is 15.8. The molecule has 0 aliphatic carbocycles. The first-order chi connectivity index (χ1) is 10.1. The van der Waals surface area contributed by atoms with Crippen LogP contribution in [0.15, 0.2) is 24.3 Å². The average molecular weight is 305 g/mol. The van der Waals surface area contributed by atoms with Gasteiger partial charge in [0, 0.05) is 23.7 Å². The Bertz CT molecular complexity index is 580. The highest BCUT2D eigenvalue weighted by atomic mass is 32.1. The Balaban J connectivity index is 2.22. The van der Waals surface area contributed by atoms with Crippen molar-refractivity contribution >= 4 is 22.2 Å². The van der Waals surface area contributed by atoms with Gasteiger partial charge in [-0.05, 0) is 44.7 Å². The molecule has 0 radical (unpaired) electrons.